The van der Waals surface area contributed by atoms with Gasteiger partial charge in [-0.15, -0.1) is 5.10 Å². The van der Waals surface area contributed by atoms with E-state index < -0.39 is 9.84 Å². The molecule has 1 aromatic heterocycles. The maximum atomic E-state index is 11.6. The van der Waals surface area contributed by atoms with Gasteiger partial charge in [0.1, 0.15) is 15.4 Å². The Balaban J connectivity index is 1.87. The minimum Gasteiger partial charge on any atom is -0.370 e. The molecule has 1 aromatic carbocycles. The topological polar surface area (TPSA) is 68.1 Å². The van der Waals surface area contributed by atoms with Gasteiger partial charge < -0.3 is 4.90 Å². The third-order valence-electron chi connectivity index (χ3n) is 4.01. The van der Waals surface area contributed by atoms with Crippen LogP contribution in [0.1, 0.15) is 12.8 Å². The number of aryl methyl sites for hydroxylation is 1. The molecule has 1 fully saturated rings. The van der Waals surface area contributed by atoms with Crippen molar-refractivity contribution in [3.8, 4) is 0 Å². The number of benzene rings is 1. The molecule has 20 heavy (non-hydrogen) atoms. The molecule has 0 radical (unpaired) electrons. The van der Waals surface area contributed by atoms with Gasteiger partial charge in [0.2, 0.25) is 0 Å². The lowest BCUT2D eigenvalue weighted by atomic mass is 10.1. The van der Waals surface area contributed by atoms with Crippen LogP contribution in [-0.2, 0) is 16.9 Å². The van der Waals surface area contributed by atoms with E-state index in [0.717, 1.165) is 29.8 Å². The molecule has 1 aliphatic rings. The van der Waals surface area contributed by atoms with Crippen molar-refractivity contribution in [2.24, 2.45) is 7.05 Å². The third kappa shape index (κ3) is 2.26. The van der Waals surface area contributed by atoms with E-state index in [1.54, 1.807) is 4.68 Å². The van der Waals surface area contributed by atoms with Crippen molar-refractivity contribution in [2.45, 2.75) is 18.1 Å². The maximum Gasteiger partial charge on any atom is 0.150 e. The van der Waals surface area contributed by atoms with Crippen molar-refractivity contribution >= 4 is 26.6 Å². The molecule has 108 valence electrons. The first-order valence-corrected chi connectivity index (χ1v) is 8.64. The fourth-order valence-corrected chi connectivity index (χ4v) is 3.89. The van der Waals surface area contributed by atoms with Gasteiger partial charge in [-0.1, -0.05) is 11.3 Å². The van der Waals surface area contributed by atoms with Crippen molar-refractivity contribution < 1.29 is 8.42 Å². The molecule has 1 saturated heterocycles. The largest absolute Gasteiger partial charge is 0.370 e. The lowest BCUT2D eigenvalue weighted by Gasteiger charge is -2.32. The van der Waals surface area contributed by atoms with Crippen LogP contribution in [0.25, 0.3) is 11.0 Å². The zero-order valence-corrected chi connectivity index (χ0v) is 12.5. The predicted octanol–water partition coefficient (Wildman–Crippen LogP) is 0.982. The second-order valence-corrected chi connectivity index (χ2v) is 7.70. The molecular weight excluding hydrogens is 276 g/mol. The highest BCUT2D eigenvalue weighted by Crippen LogP contribution is 2.28. The highest BCUT2D eigenvalue weighted by Gasteiger charge is 2.27. The Morgan fingerprint density at radius 3 is 2.60 bits per heavy atom. The first-order valence-electron chi connectivity index (χ1n) is 6.69. The molecular formula is C13H18N4O2S. The number of aromatic nitrogens is 3. The summed E-state index contributed by atoms with van der Waals surface area (Å²) < 4.78 is 25.0. The Morgan fingerprint density at radius 2 is 1.95 bits per heavy atom. The average molecular weight is 294 g/mol. The summed E-state index contributed by atoms with van der Waals surface area (Å²) in [5.74, 6) is 0. The van der Waals surface area contributed by atoms with Crippen LogP contribution in [0.5, 0.6) is 0 Å². The van der Waals surface area contributed by atoms with E-state index in [2.05, 4.69) is 15.2 Å². The molecule has 0 unspecified atom stereocenters. The molecule has 7 heteroatoms. The van der Waals surface area contributed by atoms with E-state index >= 15 is 0 Å². The minimum absolute atomic E-state index is 0.209. The Kier molecular flexibility index (Phi) is 3.16. The van der Waals surface area contributed by atoms with Gasteiger partial charge in [-0.3, -0.25) is 0 Å². The monoisotopic (exact) mass is 294 g/mol. The van der Waals surface area contributed by atoms with E-state index in [1.807, 2.05) is 25.2 Å². The molecule has 0 atom stereocenters. The molecule has 6 nitrogen and oxygen atoms in total. The summed E-state index contributed by atoms with van der Waals surface area (Å²) in [6, 6.07) is 6.00. The van der Waals surface area contributed by atoms with Gasteiger partial charge in [0.05, 0.1) is 16.5 Å². The number of anilines is 1. The van der Waals surface area contributed by atoms with Gasteiger partial charge in [-0.05, 0) is 25.0 Å². The van der Waals surface area contributed by atoms with Crippen LogP contribution >= 0.6 is 0 Å². The summed E-state index contributed by atoms with van der Waals surface area (Å²) in [4.78, 5) is 2.21. The van der Waals surface area contributed by atoms with Gasteiger partial charge in [0, 0.05) is 26.4 Å². The second kappa shape index (κ2) is 4.73. The highest BCUT2D eigenvalue weighted by molar-refractivity contribution is 7.91. The quantitative estimate of drug-likeness (QED) is 0.826. The first-order chi connectivity index (χ1) is 9.47. The number of hydrogen-bond donors (Lipinski definition) is 0. The zero-order valence-electron chi connectivity index (χ0n) is 11.7. The molecule has 2 aromatic rings. The molecule has 0 bridgehead atoms. The Hall–Kier alpha value is -1.63. The number of rotatable bonds is 2. The summed E-state index contributed by atoms with van der Waals surface area (Å²) in [6.45, 7) is 1.49. The molecule has 1 aliphatic heterocycles. The number of sulfone groups is 1. The normalized spacial score (nSPS) is 17.8. The van der Waals surface area contributed by atoms with Crippen molar-refractivity contribution in [2.75, 3.05) is 24.2 Å². The van der Waals surface area contributed by atoms with Gasteiger partial charge >= 0.3 is 0 Å². The lowest BCUT2D eigenvalue weighted by Crippen LogP contribution is -2.39. The van der Waals surface area contributed by atoms with E-state index in [1.165, 1.54) is 6.26 Å². The minimum atomic E-state index is -2.93. The fraction of sp³-hybridized carbons (Fsp3) is 0.538. The van der Waals surface area contributed by atoms with Crippen LogP contribution in [0.4, 0.5) is 5.69 Å². The van der Waals surface area contributed by atoms with Crippen LogP contribution < -0.4 is 4.90 Å². The van der Waals surface area contributed by atoms with Gasteiger partial charge in [-0.25, -0.2) is 13.1 Å². The molecule has 0 spiro atoms. The van der Waals surface area contributed by atoms with Crippen LogP contribution in [-0.4, -0.2) is 48.0 Å². The van der Waals surface area contributed by atoms with Crippen LogP contribution in [0.15, 0.2) is 18.2 Å². The van der Waals surface area contributed by atoms with Gasteiger partial charge in [0.25, 0.3) is 0 Å². The Labute approximate surface area is 118 Å². The van der Waals surface area contributed by atoms with Crippen molar-refractivity contribution in [1.29, 1.82) is 0 Å². The van der Waals surface area contributed by atoms with Crippen LogP contribution in [0.3, 0.4) is 0 Å². The first kappa shape index (κ1) is 13.4. The summed E-state index contributed by atoms with van der Waals surface area (Å²) in [6.07, 6.45) is 2.68. The molecule has 0 N–H and O–H groups in total. The zero-order chi connectivity index (χ0) is 14.3. The molecule has 3 rings (SSSR count). The van der Waals surface area contributed by atoms with Crippen LogP contribution in [0, 0.1) is 0 Å². The second-order valence-electron chi connectivity index (χ2n) is 5.37. The fourth-order valence-electron chi connectivity index (χ4n) is 2.82. The van der Waals surface area contributed by atoms with E-state index in [0.29, 0.717) is 12.8 Å². The number of hydrogen-bond acceptors (Lipinski definition) is 5. The SMILES string of the molecule is Cn1nnc2c(N3CCC(S(C)(=O)=O)CC3)cccc21. The number of piperidine rings is 1. The van der Waals surface area contributed by atoms with E-state index in [-0.39, 0.29) is 5.25 Å². The average Bonchev–Trinajstić information content (AvgIpc) is 2.80. The summed E-state index contributed by atoms with van der Waals surface area (Å²) in [5.41, 5.74) is 2.92. The molecule has 0 aliphatic carbocycles. The van der Waals surface area contributed by atoms with Crippen molar-refractivity contribution in [3.63, 3.8) is 0 Å². The molecule has 0 amide bonds. The summed E-state index contributed by atoms with van der Waals surface area (Å²) in [7, 11) is -1.06. The lowest BCUT2D eigenvalue weighted by molar-refractivity contribution is 0.534. The Bertz CT molecular complexity index is 730. The smallest absolute Gasteiger partial charge is 0.150 e. The van der Waals surface area contributed by atoms with Crippen molar-refractivity contribution in [3.05, 3.63) is 18.2 Å². The van der Waals surface area contributed by atoms with Crippen molar-refractivity contribution in [1.82, 2.24) is 15.0 Å². The Morgan fingerprint density at radius 1 is 1.25 bits per heavy atom. The van der Waals surface area contributed by atoms with E-state index in [9.17, 15) is 8.42 Å². The van der Waals surface area contributed by atoms with Gasteiger partial charge in [0.15, 0.2) is 0 Å². The highest BCUT2D eigenvalue weighted by atomic mass is 32.2. The maximum absolute atomic E-state index is 11.6. The predicted molar refractivity (Wildman–Crippen MR) is 78.6 cm³/mol. The standard InChI is InChI=1S/C13H18N4O2S/c1-16-11-4-3-5-12(13(11)14-15-16)17-8-6-10(7-9-17)20(2,18)19/h3-5,10H,6-9H2,1-2H3. The van der Waals surface area contributed by atoms with E-state index in [4.69, 9.17) is 0 Å². The molecule has 2 heterocycles. The van der Waals surface area contributed by atoms with Gasteiger partial charge in [-0.2, -0.15) is 0 Å². The number of fused-ring (bicyclic) bond motifs is 1. The summed E-state index contributed by atoms with van der Waals surface area (Å²) in [5, 5.41) is 8.06. The number of nitrogens with zero attached hydrogens (tertiary/aromatic N) is 4. The molecule has 0 saturated carbocycles. The third-order valence-corrected chi connectivity index (χ3v) is 5.69. The summed E-state index contributed by atoms with van der Waals surface area (Å²) >= 11 is 0. The van der Waals surface area contributed by atoms with Crippen LogP contribution in [0.2, 0.25) is 0 Å².